The lowest BCUT2D eigenvalue weighted by molar-refractivity contribution is -0.172. The van der Waals surface area contributed by atoms with Crippen molar-refractivity contribution in [1.82, 2.24) is 10.0 Å². The maximum atomic E-state index is 12.4. The number of rotatable bonds is 2. The number of nitrogens with zero attached hydrogens (tertiary/aromatic N) is 2. The van der Waals surface area contributed by atoms with Crippen LogP contribution < -0.4 is 0 Å². The van der Waals surface area contributed by atoms with E-state index in [1.54, 1.807) is 0 Å². The van der Waals surface area contributed by atoms with Crippen molar-refractivity contribution in [3.05, 3.63) is 29.6 Å². The first-order chi connectivity index (χ1) is 9.29. The molecule has 1 aromatic heterocycles. The molecule has 0 aliphatic carbocycles. The Labute approximate surface area is 110 Å². The molecule has 1 aromatic rings. The lowest BCUT2D eigenvalue weighted by Gasteiger charge is -2.12. The van der Waals surface area contributed by atoms with Crippen molar-refractivity contribution in [1.29, 1.82) is 0 Å². The Morgan fingerprint density at radius 2 is 1.80 bits per heavy atom. The number of hydrogen-bond donors (Lipinski definition) is 0. The number of hydroxylamine groups is 2. The number of amides is 2. The lowest BCUT2D eigenvalue weighted by Crippen LogP contribution is -2.32. The number of carbonyl (C=O) groups is 3. The first-order valence-corrected chi connectivity index (χ1v) is 5.41. The summed E-state index contributed by atoms with van der Waals surface area (Å²) in [6.07, 6.45) is -4.93. The molecular formula is C11H7F3N2O4. The van der Waals surface area contributed by atoms with Crippen LogP contribution in [0.2, 0.25) is 0 Å². The zero-order valence-electron chi connectivity index (χ0n) is 9.81. The number of imide groups is 1. The molecule has 9 heteroatoms. The van der Waals surface area contributed by atoms with E-state index in [9.17, 15) is 27.6 Å². The van der Waals surface area contributed by atoms with E-state index in [1.807, 2.05) is 0 Å². The minimum Gasteiger partial charge on any atom is -0.323 e. The van der Waals surface area contributed by atoms with Gasteiger partial charge in [0.05, 0.1) is 0 Å². The van der Waals surface area contributed by atoms with Crippen LogP contribution in [0.15, 0.2) is 18.2 Å². The van der Waals surface area contributed by atoms with Gasteiger partial charge >= 0.3 is 12.1 Å². The number of carbonyl (C=O) groups excluding carboxylic acids is 3. The van der Waals surface area contributed by atoms with Crippen LogP contribution in [0.3, 0.4) is 0 Å². The third kappa shape index (κ3) is 2.76. The van der Waals surface area contributed by atoms with Crippen LogP contribution in [0, 0.1) is 0 Å². The van der Waals surface area contributed by atoms with Crippen LogP contribution in [0.4, 0.5) is 13.2 Å². The van der Waals surface area contributed by atoms with Gasteiger partial charge in [0.2, 0.25) is 0 Å². The standard InChI is InChI=1S/C11H7F3N2O4/c12-11(13,14)7-3-1-2-6(15-7)10(19)20-16-8(17)4-5-9(16)18/h1-3H,4-5H2. The van der Waals surface area contributed by atoms with Crippen molar-refractivity contribution in [3.8, 4) is 0 Å². The molecular weight excluding hydrogens is 281 g/mol. The van der Waals surface area contributed by atoms with Crippen LogP contribution in [0.1, 0.15) is 29.0 Å². The monoisotopic (exact) mass is 288 g/mol. The molecule has 106 valence electrons. The largest absolute Gasteiger partial charge is 0.433 e. The van der Waals surface area contributed by atoms with Crippen molar-refractivity contribution in [3.63, 3.8) is 0 Å². The smallest absolute Gasteiger partial charge is 0.323 e. The Bertz CT molecular complexity index is 569. The SMILES string of the molecule is O=C(ON1C(=O)CCC1=O)c1cccc(C(F)(F)F)n1. The molecule has 2 rings (SSSR count). The molecule has 0 N–H and O–H groups in total. The molecule has 0 saturated carbocycles. The summed E-state index contributed by atoms with van der Waals surface area (Å²) in [4.78, 5) is 41.5. The van der Waals surface area contributed by atoms with E-state index in [0.717, 1.165) is 12.1 Å². The number of halogens is 3. The number of pyridine rings is 1. The molecule has 20 heavy (non-hydrogen) atoms. The first-order valence-electron chi connectivity index (χ1n) is 5.41. The van der Waals surface area contributed by atoms with Gasteiger partial charge in [-0.05, 0) is 12.1 Å². The summed E-state index contributed by atoms with van der Waals surface area (Å²) >= 11 is 0. The van der Waals surface area contributed by atoms with E-state index in [-0.39, 0.29) is 17.9 Å². The van der Waals surface area contributed by atoms with E-state index >= 15 is 0 Å². The molecule has 6 nitrogen and oxygen atoms in total. The summed E-state index contributed by atoms with van der Waals surface area (Å²) < 4.78 is 37.3. The first kappa shape index (κ1) is 14.0. The van der Waals surface area contributed by atoms with Crippen molar-refractivity contribution in [2.45, 2.75) is 19.0 Å². The molecule has 0 radical (unpaired) electrons. The van der Waals surface area contributed by atoms with Crippen LogP contribution in [0.5, 0.6) is 0 Å². The van der Waals surface area contributed by atoms with E-state index in [4.69, 9.17) is 0 Å². The molecule has 0 spiro atoms. The summed E-state index contributed by atoms with van der Waals surface area (Å²) in [7, 11) is 0. The predicted octanol–water partition coefficient (Wildman–Crippen LogP) is 1.32. The average Bonchev–Trinajstić information content (AvgIpc) is 2.69. The van der Waals surface area contributed by atoms with E-state index in [0.29, 0.717) is 6.07 Å². The van der Waals surface area contributed by atoms with Gasteiger partial charge in [-0.25, -0.2) is 9.78 Å². The highest BCUT2D eigenvalue weighted by Gasteiger charge is 2.35. The summed E-state index contributed by atoms with van der Waals surface area (Å²) in [5.41, 5.74) is -1.92. The fourth-order valence-corrected chi connectivity index (χ4v) is 1.49. The Kier molecular flexibility index (Phi) is 3.43. The summed E-state index contributed by atoms with van der Waals surface area (Å²) in [6, 6.07) is 2.64. The highest BCUT2D eigenvalue weighted by atomic mass is 19.4. The van der Waals surface area contributed by atoms with Crippen molar-refractivity contribution in [2.24, 2.45) is 0 Å². The van der Waals surface area contributed by atoms with Gasteiger partial charge in [-0.3, -0.25) is 9.59 Å². The van der Waals surface area contributed by atoms with Crippen molar-refractivity contribution >= 4 is 17.8 Å². The van der Waals surface area contributed by atoms with Gasteiger partial charge in [0.1, 0.15) is 5.69 Å². The maximum absolute atomic E-state index is 12.4. The number of alkyl halides is 3. The fraction of sp³-hybridized carbons (Fsp3) is 0.273. The molecule has 1 fully saturated rings. The topological polar surface area (TPSA) is 76.6 Å². The summed E-state index contributed by atoms with van der Waals surface area (Å²) in [5, 5.41) is 0.240. The summed E-state index contributed by atoms with van der Waals surface area (Å²) in [6.45, 7) is 0. The molecule has 1 aliphatic heterocycles. The Morgan fingerprint density at radius 1 is 1.20 bits per heavy atom. The van der Waals surface area contributed by atoms with Crippen molar-refractivity contribution in [2.75, 3.05) is 0 Å². The fourth-order valence-electron chi connectivity index (χ4n) is 1.49. The third-order valence-corrected chi connectivity index (χ3v) is 2.43. The van der Waals surface area contributed by atoms with Crippen LogP contribution in [-0.2, 0) is 20.6 Å². The zero-order chi connectivity index (χ0) is 14.9. The van der Waals surface area contributed by atoms with Gasteiger partial charge in [0.15, 0.2) is 5.69 Å². The molecule has 1 saturated heterocycles. The van der Waals surface area contributed by atoms with Gasteiger partial charge in [-0.2, -0.15) is 13.2 Å². The van der Waals surface area contributed by atoms with E-state index in [1.165, 1.54) is 0 Å². The molecule has 0 aromatic carbocycles. The van der Waals surface area contributed by atoms with Crippen molar-refractivity contribution < 1.29 is 32.4 Å². The Hall–Kier alpha value is -2.45. The maximum Gasteiger partial charge on any atom is 0.433 e. The minimum atomic E-state index is -4.71. The molecule has 2 amide bonds. The zero-order valence-corrected chi connectivity index (χ0v) is 9.81. The second kappa shape index (κ2) is 4.91. The molecule has 0 bridgehead atoms. The number of hydrogen-bond acceptors (Lipinski definition) is 5. The lowest BCUT2D eigenvalue weighted by atomic mass is 10.3. The van der Waals surface area contributed by atoms with E-state index in [2.05, 4.69) is 9.82 Å². The Morgan fingerprint density at radius 3 is 2.35 bits per heavy atom. The van der Waals surface area contributed by atoms with Gasteiger partial charge in [-0.15, -0.1) is 5.06 Å². The second-order valence-corrected chi connectivity index (χ2v) is 3.87. The number of aromatic nitrogens is 1. The van der Waals surface area contributed by atoms with E-state index < -0.39 is 35.3 Å². The highest BCUT2D eigenvalue weighted by Crippen LogP contribution is 2.27. The molecule has 2 heterocycles. The average molecular weight is 288 g/mol. The van der Waals surface area contributed by atoms with Gasteiger partial charge in [-0.1, -0.05) is 6.07 Å². The van der Waals surface area contributed by atoms with Gasteiger partial charge < -0.3 is 4.84 Å². The second-order valence-electron chi connectivity index (χ2n) is 3.87. The van der Waals surface area contributed by atoms with Crippen LogP contribution in [-0.4, -0.2) is 27.8 Å². The molecule has 0 unspecified atom stereocenters. The van der Waals surface area contributed by atoms with Gasteiger partial charge in [0.25, 0.3) is 11.8 Å². The third-order valence-electron chi connectivity index (χ3n) is 2.43. The normalized spacial score (nSPS) is 15.7. The summed E-state index contributed by atoms with van der Waals surface area (Å²) in [5.74, 6) is -2.76. The molecule has 1 aliphatic rings. The van der Waals surface area contributed by atoms with Gasteiger partial charge in [0, 0.05) is 12.8 Å². The highest BCUT2D eigenvalue weighted by molar-refractivity contribution is 6.02. The predicted molar refractivity (Wildman–Crippen MR) is 55.7 cm³/mol. The van der Waals surface area contributed by atoms with Crippen LogP contribution in [0.25, 0.3) is 0 Å². The van der Waals surface area contributed by atoms with Crippen LogP contribution >= 0.6 is 0 Å². The minimum absolute atomic E-state index is 0.109. The quantitative estimate of drug-likeness (QED) is 0.767. The Balaban J connectivity index is 2.18. The molecule has 0 atom stereocenters.